The fourth-order valence-electron chi connectivity index (χ4n) is 3.67. The molecule has 0 saturated heterocycles. The van der Waals surface area contributed by atoms with Crippen molar-refractivity contribution >= 4 is 5.91 Å². The second-order valence-electron chi connectivity index (χ2n) is 6.73. The minimum atomic E-state index is -0.410. The lowest BCUT2D eigenvalue weighted by molar-refractivity contribution is -0.124. The van der Waals surface area contributed by atoms with Gasteiger partial charge in [-0.15, -0.1) is 0 Å². The lowest BCUT2D eigenvalue weighted by atomic mass is 9.96. The number of primary amides is 1. The predicted molar refractivity (Wildman–Crippen MR) is 75.7 cm³/mol. The van der Waals surface area contributed by atoms with Crippen LogP contribution < -0.4 is 11.1 Å². The predicted octanol–water partition coefficient (Wildman–Crippen LogP) is 1.39. The van der Waals surface area contributed by atoms with Gasteiger partial charge in [0.25, 0.3) is 0 Å². The maximum absolute atomic E-state index is 11.9. The molecule has 19 heavy (non-hydrogen) atoms. The highest BCUT2D eigenvalue weighted by Gasteiger charge is 2.49. The van der Waals surface area contributed by atoms with Gasteiger partial charge in [0.2, 0.25) is 5.91 Å². The van der Waals surface area contributed by atoms with Gasteiger partial charge in [-0.05, 0) is 57.9 Å². The van der Waals surface area contributed by atoms with Crippen LogP contribution in [0.2, 0.25) is 0 Å². The Kier molecular flexibility index (Phi) is 3.56. The molecule has 3 fully saturated rings. The van der Waals surface area contributed by atoms with Gasteiger partial charge in [-0.25, -0.2) is 0 Å². The fourth-order valence-corrected chi connectivity index (χ4v) is 3.67. The van der Waals surface area contributed by atoms with E-state index in [1.165, 1.54) is 38.6 Å². The molecule has 0 aliphatic heterocycles. The highest BCUT2D eigenvalue weighted by atomic mass is 16.1. The van der Waals surface area contributed by atoms with Crippen LogP contribution in [0.15, 0.2) is 0 Å². The van der Waals surface area contributed by atoms with Crippen LogP contribution in [0.5, 0.6) is 0 Å². The second kappa shape index (κ2) is 5.06. The van der Waals surface area contributed by atoms with Crippen LogP contribution in [-0.2, 0) is 4.79 Å². The lowest BCUT2D eigenvalue weighted by Gasteiger charge is -2.32. The van der Waals surface area contributed by atoms with E-state index in [-0.39, 0.29) is 5.91 Å². The largest absolute Gasteiger partial charge is 0.368 e. The van der Waals surface area contributed by atoms with E-state index in [9.17, 15) is 4.79 Å². The molecule has 0 aromatic carbocycles. The molecule has 0 aromatic heterocycles. The van der Waals surface area contributed by atoms with Crippen molar-refractivity contribution in [3.63, 3.8) is 0 Å². The summed E-state index contributed by atoms with van der Waals surface area (Å²) in [5.74, 6) is -0.130. The minimum Gasteiger partial charge on any atom is -0.368 e. The van der Waals surface area contributed by atoms with Gasteiger partial charge in [0.05, 0.1) is 5.54 Å². The molecule has 4 nitrogen and oxygen atoms in total. The molecule has 1 amide bonds. The molecule has 4 heteroatoms. The third kappa shape index (κ3) is 2.79. The third-order valence-corrected chi connectivity index (χ3v) is 4.98. The van der Waals surface area contributed by atoms with Gasteiger partial charge in [-0.2, -0.15) is 0 Å². The molecule has 3 saturated carbocycles. The van der Waals surface area contributed by atoms with Crippen LogP contribution in [0.3, 0.4) is 0 Å². The number of nitrogens with two attached hydrogens (primary N) is 1. The lowest BCUT2D eigenvalue weighted by Crippen LogP contribution is -2.55. The second-order valence-corrected chi connectivity index (χ2v) is 6.73. The quantitative estimate of drug-likeness (QED) is 0.731. The first-order chi connectivity index (χ1) is 9.14. The number of carbonyl (C=O) groups is 1. The zero-order chi connectivity index (χ0) is 13.5. The van der Waals surface area contributed by atoms with Crippen LogP contribution in [-0.4, -0.2) is 41.0 Å². The van der Waals surface area contributed by atoms with E-state index in [4.69, 9.17) is 5.73 Å². The van der Waals surface area contributed by atoms with Crippen LogP contribution in [0.4, 0.5) is 0 Å². The SMILES string of the molecule is CCCN(C1CC1)C1CCC(NC2CC2)(C(N)=O)C1. The van der Waals surface area contributed by atoms with Crippen molar-refractivity contribution in [1.29, 1.82) is 0 Å². The topological polar surface area (TPSA) is 58.4 Å². The molecule has 108 valence electrons. The van der Waals surface area contributed by atoms with Crippen LogP contribution >= 0.6 is 0 Å². The van der Waals surface area contributed by atoms with Crippen molar-refractivity contribution < 1.29 is 4.79 Å². The Labute approximate surface area is 116 Å². The smallest absolute Gasteiger partial charge is 0.237 e. The highest BCUT2D eigenvalue weighted by molar-refractivity contribution is 5.85. The summed E-state index contributed by atoms with van der Waals surface area (Å²) < 4.78 is 0. The average molecular weight is 265 g/mol. The van der Waals surface area contributed by atoms with E-state index in [1.807, 2.05) is 0 Å². The van der Waals surface area contributed by atoms with Crippen molar-refractivity contribution in [2.75, 3.05) is 6.54 Å². The molecule has 0 radical (unpaired) electrons. The van der Waals surface area contributed by atoms with Crippen LogP contribution in [0.25, 0.3) is 0 Å². The van der Waals surface area contributed by atoms with Gasteiger partial charge in [0.15, 0.2) is 0 Å². The van der Waals surface area contributed by atoms with Crippen molar-refractivity contribution in [2.45, 2.75) is 82.0 Å². The average Bonchev–Trinajstić information content (AvgIpc) is 3.26. The van der Waals surface area contributed by atoms with Gasteiger partial charge in [0.1, 0.15) is 0 Å². The van der Waals surface area contributed by atoms with E-state index in [0.717, 1.165) is 25.3 Å². The van der Waals surface area contributed by atoms with Crippen LogP contribution in [0, 0.1) is 0 Å². The van der Waals surface area contributed by atoms with Crippen molar-refractivity contribution in [1.82, 2.24) is 10.2 Å². The van der Waals surface area contributed by atoms with Gasteiger partial charge in [-0.1, -0.05) is 6.92 Å². The molecule has 3 aliphatic rings. The molecule has 0 aromatic rings. The first kappa shape index (κ1) is 13.4. The summed E-state index contributed by atoms with van der Waals surface area (Å²) in [5.41, 5.74) is 5.31. The number of rotatable bonds is 7. The van der Waals surface area contributed by atoms with E-state index >= 15 is 0 Å². The first-order valence-corrected chi connectivity index (χ1v) is 7.98. The van der Waals surface area contributed by atoms with Gasteiger partial charge < -0.3 is 11.1 Å². The molecule has 3 rings (SSSR count). The summed E-state index contributed by atoms with van der Waals surface area (Å²) in [7, 11) is 0. The summed E-state index contributed by atoms with van der Waals surface area (Å²) in [4.78, 5) is 14.6. The summed E-state index contributed by atoms with van der Waals surface area (Å²) in [5, 5.41) is 3.55. The van der Waals surface area contributed by atoms with Gasteiger partial charge >= 0.3 is 0 Å². The summed E-state index contributed by atoms with van der Waals surface area (Å²) >= 11 is 0. The molecular formula is C15H27N3O. The number of amides is 1. The Morgan fingerprint density at radius 2 is 2.00 bits per heavy atom. The Bertz CT molecular complexity index is 351. The zero-order valence-corrected chi connectivity index (χ0v) is 12.0. The molecule has 0 bridgehead atoms. The molecule has 0 heterocycles. The Hall–Kier alpha value is -0.610. The minimum absolute atomic E-state index is 0.130. The summed E-state index contributed by atoms with van der Waals surface area (Å²) in [6, 6.07) is 1.90. The molecular weight excluding hydrogens is 238 g/mol. The van der Waals surface area contributed by atoms with E-state index in [0.29, 0.717) is 12.1 Å². The molecule has 3 N–H and O–H groups in total. The zero-order valence-electron chi connectivity index (χ0n) is 12.0. The van der Waals surface area contributed by atoms with Crippen molar-refractivity contribution in [2.24, 2.45) is 5.73 Å². The van der Waals surface area contributed by atoms with E-state index in [1.54, 1.807) is 0 Å². The molecule has 2 unspecified atom stereocenters. The number of hydrogen-bond acceptors (Lipinski definition) is 3. The highest BCUT2D eigenvalue weighted by Crippen LogP contribution is 2.40. The molecule has 2 atom stereocenters. The van der Waals surface area contributed by atoms with Gasteiger partial charge in [-0.3, -0.25) is 9.69 Å². The number of nitrogens with zero attached hydrogens (tertiary/aromatic N) is 1. The van der Waals surface area contributed by atoms with Crippen LogP contribution in [0.1, 0.15) is 58.3 Å². The standard InChI is InChI=1S/C15H27N3O/c1-2-9-18(12-5-6-12)13-7-8-15(10-13,14(16)19)17-11-3-4-11/h11-13,17H,2-10H2,1H3,(H2,16,19). The maximum Gasteiger partial charge on any atom is 0.237 e. The maximum atomic E-state index is 11.9. The number of carbonyl (C=O) groups excluding carboxylic acids is 1. The summed E-state index contributed by atoms with van der Waals surface area (Å²) in [6.45, 7) is 3.42. The Morgan fingerprint density at radius 3 is 2.53 bits per heavy atom. The molecule has 3 aliphatic carbocycles. The van der Waals surface area contributed by atoms with E-state index in [2.05, 4.69) is 17.1 Å². The van der Waals surface area contributed by atoms with Crippen molar-refractivity contribution in [3.8, 4) is 0 Å². The number of hydrogen-bond donors (Lipinski definition) is 2. The Balaban J connectivity index is 1.67. The molecule has 0 spiro atoms. The van der Waals surface area contributed by atoms with E-state index < -0.39 is 5.54 Å². The normalized spacial score (nSPS) is 34.9. The third-order valence-electron chi connectivity index (χ3n) is 4.98. The monoisotopic (exact) mass is 265 g/mol. The van der Waals surface area contributed by atoms with Gasteiger partial charge in [0, 0.05) is 18.1 Å². The summed E-state index contributed by atoms with van der Waals surface area (Å²) in [6.07, 6.45) is 9.28. The fraction of sp³-hybridized carbons (Fsp3) is 0.933. The first-order valence-electron chi connectivity index (χ1n) is 7.98. The Morgan fingerprint density at radius 1 is 1.26 bits per heavy atom. The van der Waals surface area contributed by atoms with Crippen molar-refractivity contribution in [3.05, 3.63) is 0 Å². The number of nitrogens with one attached hydrogen (secondary N) is 1.